The first-order valence-corrected chi connectivity index (χ1v) is 13.2. The van der Waals surface area contributed by atoms with Gasteiger partial charge >= 0.3 is 5.97 Å². The van der Waals surface area contributed by atoms with Crippen LogP contribution in [-0.2, 0) is 22.5 Å². The SMILES string of the molecule is CCC(OC(=O)c1c2c(nc3ccccc13)CCN(CC)C2)C(=O)Nc1nc(-c2ccc(F)cc2)cs1. The number of nitrogens with zero attached hydrogens (tertiary/aromatic N) is 3. The number of halogens is 1. The Bertz CT molecular complexity index is 1450. The summed E-state index contributed by atoms with van der Waals surface area (Å²) in [5, 5.41) is 5.65. The number of carbonyl (C=O) groups excluding carboxylic acids is 2. The highest BCUT2D eigenvalue weighted by molar-refractivity contribution is 7.14. The fraction of sp³-hybridized carbons (Fsp3) is 0.286. The summed E-state index contributed by atoms with van der Waals surface area (Å²) in [5.41, 5.74) is 4.37. The summed E-state index contributed by atoms with van der Waals surface area (Å²) < 4.78 is 19.0. The van der Waals surface area contributed by atoms with Crippen molar-refractivity contribution in [3.05, 3.63) is 76.5 Å². The molecule has 1 amide bonds. The van der Waals surface area contributed by atoms with Gasteiger partial charge in [0, 0.05) is 47.1 Å². The fourth-order valence-electron chi connectivity index (χ4n) is 4.53. The van der Waals surface area contributed by atoms with Gasteiger partial charge in [0.2, 0.25) is 0 Å². The van der Waals surface area contributed by atoms with Gasteiger partial charge < -0.3 is 4.74 Å². The van der Waals surface area contributed by atoms with Crippen LogP contribution < -0.4 is 5.32 Å². The number of ether oxygens (including phenoxy) is 1. The third-order valence-corrected chi connectivity index (χ3v) is 7.32. The highest BCUT2D eigenvalue weighted by atomic mass is 32.1. The van der Waals surface area contributed by atoms with Gasteiger partial charge in [-0.25, -0.2) is 14.2 Å². The highest BCUT2D eigenvalue weighted by Gasteiger charge is 2.29. The second-order valence-electron chi connectivity index (χ2n) is 8.88. The number of nitrogens with one attached hydrogen (secondary N) is 1. The Morgan fingerprint density at radius 1 is 1.14 bits per heavy atom. The van der Waals surface area contributed by atoms with Crippen LogP contribution in [0.4, 0.5) is 9.52 Å². The second-order valence-corrected chi connectivity index (χ2v) is 9.74. The van der Waals surface area contributed by atoms with Gasteiger partial charge in [-0.05, 0) is 43.3 Å². The quantitative estimate of drug-likeness (QED) is 0.328. The number of hydrogen-bond donors (Lipinski definition) is 1. The lowest BCUT2D eigenvalue weighted by Gasteiger charge is -2.29. The maximum absolute atomic E-state index is 13.6. The van der Waals surface area contributed by atoms with Crippen molar-refractivity contribution in [2.75, 3.05) is 18.4 Å². The third kappa shape index (κ3) is 5.23. The van der Waals surface area contributed by atoms with Crippen LogP contribution in [0.15, 0.2) is 53.9 Å². The van der Waals surface area contributed by atoms with Crippen molar-refractivity contribution in [3.8, 4) is 11.3 Å². The Morgan fingerprint density at radius 3 is 2.68 bits per heavy atom. The van der Waals surface area contributed by atoms with Crippen LogP contribution in [0.5, 0.6) is 0 Å². The lowest BCUT2D eigenvalue weighted by molar-refractivity contribution is -0.124. The van der Waals surface area contributed by atoms with Crippen LogP contribution in [0, 0.1) is 5.82 Å². The van der Waals surface area contributed by atoms with Gasteiger partial charge in [0.25, 0.3) is 5.91 Å². The average molecular weight is 519 g/mol. The van der Waals surface area contributed by atoms with Crippen LogP contribution in [-0.4, -0.2) is 45.9 Å². The van der Waals surface area contributed by atoms with Crippen molar-refractivity contribution in [2.24, 2.45) is 0 Å². The molecule has 1 unspecified atom stereocenters. The number of carbonyl (C=O) groups is 2. The molecule has 0 radical (unpaired) electrons. The van der Waals surface area contributed by atoms with Gasteiger partial charge in [-0.15, -0.1) is 11.3 Å². The van der Waals surface area contributed by atoms with Crippen LogP contribution >= 0.6 is 11.3 Å². The minimum Gasteiger partial charge on any atom is -0.449 e. The number of thiazole rings is 1. The zero-order valence-corrected chi connectivity index (χ0v) is 21.5. The van der Waals surface area contributed by atoms with Crippen LogP contribution in [0.3, 0.4) is 0 Å². The normalized spacial score (nSPS) is 14.2. The van der Waals surface area contributed by atoms with Gasteiger partial charge in [0.15, 0.2) is 11.2 Å². The average Bonchev–Trinajstić information content (AvgIpc) is 3.38. The number of aromatic nitrogens is 2. The minimum absolute atomic E-state index is 0.306. The first kappa shape index (κ1) is 25.0. The van der Waals surface area contributed by atoms with Crippen molar-refractivity contribution in [2.45, 2.75) is 39.3 Å². The molecular weight excluding hydrogens is 491 g/mol. The standard InChI is InChI=1S/C28H27FN4O3S/c1-3-24(26(34)32-28-31-23(16-37-28)17-9-11-18(29)12-10-17)36-27(35)25-19-7-5-6-8-21(19)30-22-13-14-33(4-2)15-20(22)25/h5-12,16,24H,3-4,13-15H2,1-2H3,(H,31,32,34). The number of amides is 1. The lowest BCUT2D eigenvalue weighted by Crippen LogP contribution is -2.35. The number of pyridine rings is 1. The number of fused-ring (bicyclic) bond motifs is 2. The molecule has 0 fully saturated rings. The molecule has 7 nitrogen and oxygen atoms in total. The topological polar surface area (TPSA) is 84.4 Å². The van der Waals surface area contributed by atoms with Crippen molar-refractivity contribution >= 4 is 39.2 Å². The minimum atomic E-state index is -0.987. The molecule has 0 saturated carbocycles. The van der Waals surface area contributed by atoms with E-state index in [0.29, 0.717) is 29.4 Å². The number of benzene rings is 2. The molecule has 1 N–H and O–H groups in total. The molecule has 5 rings (SSSR count). The van der Waals surface area contributed by atoms with E-state index < -0.39 is 18.0 Å². The molecule has 0 saturated heterocycles. The number of hydrogen-bond acceptors (Lipinski definition) is 7. The van der Waals surface area contributed by atoms with Gasteiger partial charge in [-0.1, -0.05) is 32.0 Å². The van der Waals surface area contributed by atoms with E-state index >= 15 is 0 Å². The predicted molar refractivity (Wildman–Crippen MR) is 142 cm³/mol. The van der Waals surface area contributed by atoms with E-state index in [1.165, 1.54) is 23.5 Å². The van der Waals surface area contributed by atoms with Crippen molar-refractivity contribution in [1.82, 2.24) is 14.9 Å². The molecule has 2 aromatic heterocycles. The van der Waals surface area contributed by atoms with Crippen LogP contribution in [0.2, 0.25) is 0 Å². The maximum atomic E-state index is 13.6. The van der Waals surface area contributed by atoms with E-state index in [0.717, 1.165) is 47.2 Å². The molecule has 4 aromatic rings. The molecule has 1 aliphatic heterocycles. The monoisotopic (exact) mass is 518 g/mol. The number of rotatable bonds is 7. The number of esters is 1. The van der Waals surface area contributed by atoms with E-state index in [1.54, 1.807) is 24.4 Å². The summed E-state index contributed by atoms with van der Waals surface area (Å²) in [4.78, 5) is 38.1. The zero-order chi connectivity index (χ0) is 25.9. The Hall–Kier alpha value is -3.69. The molecule has 0 bridgehead atoms. The van der Waals surface area contributed by atoms with E-state index in [4.69, 9.17) is 9.72 Å². The summed E-state index contributed by atoms with van der Waals surface area (Å²) in [6.07, 6.45) is 0.0751. The fourth-order valence-corrected chi connectivity index (χ4v) is 5.25. The summed E-state index contributed by atoms with van der Waals surface area (Å²) in [7, 11) is 0. The molecule has 0 aliphatic carbocycles. The van der Waals surface area contributed by atoms with Crippen molar-refractivity contribution in [3.63, 3.8) is 0 Å². The Morgan fingerprint density at radius 2 is 1.92 bits per heavy atom. The molecule has 190 valence electrons. The second kappa shape index (κ2) is 10.7. The number of para-hydroxylation sites is 1. The molecular formula is C28H27FN4O3S. The lowest BCUT2D eigenvalue weighted by atomic mass is 9.95. The molecule has 37 heavy (non-hydrogen) atoms. The van der Waals surface area contributed by atoms with Gasteiger partial charge in [-0.3, -0.25) is 20.0 Å². The molecule has 9 heteroatoms. The summed E-state index contributed by atoms with van der Waals surface area (Å²) in [6, 6.07) is 13.5. The maximum Gasteiger partial charge on any atom is 0.340 e. The van der Waals surface area contributed by atoms with Gasteiger partial charge in [0.05, 0.1) is 16.8 Å². The summed E-state index contributed by atoms with van der Waals surface area (Å²) in [6.45, 7) is 6.26. The van der Waals surface area contributed by atoms with Crippen molar-refractivity contribution in [1.29, 1.82) is 0 Å². The Balaban J connectivity index is 1.37. The number of likely N-dealkylation sites (N-methyl/N-ethyl adjacent to an activating group) is 1. The predicted octanol–water partition coefficient (Wildman–Crippen LogP) is 5.45. The Kier molecular flexibility index (Phi) is 7.25. The third-order valence-electron chi connectivity index (χ3n) is 6.56. The van der Waals surface area contributed by atoms with E-state index in [9.17, 15) is 14.0 Å². The smallest absolute Gasteiger partial charge is 0.340 e. The van der Waals surface area contributed by atoms with Gasteiger partial charge in [0.1, 0.15) is 5.82 Å². The first-order valence-electron chi connectivity index (χ1n) is 12.3. The summed E-state index contributed by atoms with van der Waals surface area (Å²) >= 11 is 1.25. The Labute approximate surface area is 218 Å². The van der Waals surface area contributed by atoms with E-state index in [1.807, 2.05) is 24.3 Å². The first-order chi connectivity index (χ1) is 18.0. The van der Waals surface area contributed by atoms with E-state index in [2.05, 4.69) is 22.1 Å². The molecule has 0 spiro atoms. The summed E-state index contributed by atoms with van der Waals surface area (Å²) in [5.74, 6) is -1.30. The largest absolute Gasteiger partial charge is 0.449 e. The molecule has 3 heterocycles. The molecule has 1 atom stereocenters. The van der Waals surface area contributed by atoms with Crippen molar-refractivity contribution < 1.29 is 18.7 Å². The zero-order valence-electron chi connectivity index (χ0n) is 20.7. The number of anilines is 1. The molecule has 1 aliphatic rings. The van der Waals surface area contributed by atoms with Crippen LogP contribution in [0.25, 0.3) is 22.2 Å². The molecule has 2 aromatic carbocycles. The highest BCUT2D eigenvalue weighted by Crippen LogP contribution is 2.30. The van der Waals surface area contributed by atoms with E-state index in [-0.39, 0.29) is 5.82 Å². The van der Waals surface area contributed by atoms with Gasteiger partial charge in [-0.2, -0.15) is 0 Å². The van der Waals surface area contributed by atoms with Crippen LogP contribution in [0.1, 0.15) is 41.9 Å².